The molecule has 1 amide bonds. The molecule has 0 aliphatic carbocycles. The second kappa shape index (κ2) is 8.09. The van der Waals surface area contributed by atoms with Gasteiger partial charge in [-0.25, -0.2) is 8.78 Å². The number of benzene rings is 2. The van der Waals surface area contributed by atoms with E-state index in [9.17, 15) is 18.8 Å². The van der Waals surface area contributed by atoms with Crippen LogP contribution in [0.4, 0.5) is 8.78 Å². The number of aromatic nitrogens is 2. The lowest BCUT2D eigenvalue weighted by molar-refractivity contribution is -0.169. The molecule has 3 aromatic rings. The minimum atomic E-state index is -0.629. The van der Waals surface area contributed by atoms with Crippen molar-refractivity contribution in [2.45, 2.75) is 26.4 Å². The largest absolute Gasteiger partial charge is 0.379 e. The van der Waals surface area contributed by atoms with Gasteiger partial charge in [0.25, 0.3) is 0 Å². The molecule has 6 nitrogen and oxygen atoms in total. The molecular formula is C25H22F2N4O2. The van der Waals surface area contributed by atoms with Crippen molar-refractivity contribution in [1.82, 2.24) is 14.7 Å². The highest BCUT2D eigenvalue weighted by atomic mass is 19.1. The lowest BCUT2D eigenvalue weighted by Gasteiger charge is -2.41. The summed E-state index contributed by atoms with van der Waals surface area (Å²) in [5.41, 5.74) is 3.55. The summed E-state index contributed by atoms with van der Waals surface area (Å²) < 4.78 is 34.7. The van der Waals surface area contributed by atoms with E-state index in [0.29, 0.717) is 49.5 Å². The molecule has 168 valence electrons. The minimum absolute atomic E-state index is 0.0495. The van der Waals surface area contributed by atoms with Crippen LogP contribution in [-0.4, -0.2) is 40.3 Å². The van der Waals surface area contributed by atoms with Gasteiger partial charge in [-0.15, -0.1) is 0 Å². The fourth-order valence-corrected chi connectivity index (χ4v) is 4.49. The van der Waals surface area contributed by atoms with Crippen LogP contribution in [0.25, 0.3) is 11.3 Å². The van der Waals surface area contributed by atoms with Crippen molar-refractivity contribution in [2.24, 2.45) is 5.41 Å². The number of fused-ring (bicyclic) bond motifs is 1. The quantitative estimate of drug-likeness (QED) is 0.611. The van der Waals surface area contributed by atoms with Crippen molar-refractivity contribution in [3.63, 3.8) is 0 Å². The van der Waals surface area contributed by atoms with Gasteiger partial charge in [-0.2, -0.15) is 10.4 Å². The Morgan fingerprint density at radius 2 is 2.06 bits per heavy atom. The molecule has 0 saturated carbocycles. The standard InChI is InChI=1S/C25H22F2N4O2/c1-25(14-33-15-25)24(32)30-8-7-22-20(13-30)23(17-4-2-3-16(9-17)11-28)29-31(22)12-18-5-6-19(26)10-21(18)27/h2-6,9-10H,7-8,12-15H2,1H3. The van der Waals surface area contributed by atoms with E-state index in [-0.39, 0.29) is 12.5 Å². The van der Waals surface area contributed by atoms with Gasteiger partial charge in [-0.05, 0) is 25.1 Å². The van der Waals surface area contributed by atoms with E-state index in [1.807, 2.05) is 17.9 Å². The smallest absolute Gasteiger partial charge is 0.233 e. The molecule has 5 rings (SSSR count). The predicted molar refractivity (Wildman–Crippen MR) is 116 cm³/mol. The zero-order valence-electron chi connectivity index (χ0n) is 18.1. The third-order valence-corrected chi connectivity index (χ3v) is 6.38. The first-order chi connectivity index (χ1) is 15.9. The van der Waals surface area contributed by atoms with Gasteiger partial charge in [0.05, 0.1) is 42.5 Å². The molecule has 0 unspecified atom stereocenters. The highest BCUT2D eigenvalue weighted by molar-refractivity contribution is 5.84. The van der Waals surface area contributed by atoms with Gasteiger partial charge >= 0.3 is 0 Å². The first-order valence-electron chi connectivity index (χ1n) is 10.8. The molecule has 2 aliphatic heterocycles. The zero-order valence-corrected chi connectivity index (χ0v) is 18.1. The Morgan fingerprint density at radius 1 is 1.24 bits per heavy atom. The molecule has 0 bridgehead atoms. The first kappa shape index (κ1) is 21.3. The Bertz CT molecular complexity index is 1290. The number of hydrogen-bond donors (Lipinski definition) is 0. The van der Waals surface area contributed by atoms with E-state index in [0.717, 1.165) is 22.9 Å². The summed E-state index contributed by atoms with van der Waals surface area (Å²) in [6, 6.07) is 12.8. The Morgan fingerprint density at radius 3 is 2.76 bits per heavy atom. The topological polar surface area (TPSA) is 71.2 Å². The number of rotatable bonds is 4. The molecule has 8 heteroatoms. The van der Waals surface area contributed by atoms with Gasteiger partial charge < -0.3 is 9.64 Å². The fraction of sp³-hybridized carbons (Fsp3) is 0.320. The second-order valence-electron chi connectivity index (χ2n) is 8.89. The maximum atomic E-state index is 14.4. The van der Waals surface area contributed by atoms with Crippen LogP contribution >= 0.6 is 0 Å². The highest BCUT2D eigenvalue weighted by Crippen LogP contribution is 2.35. The molecule has 0 N–H and O–H groups in total. The van der Waals surface area contributed by atoms with Crippen molar-refractivity contribution in [2.75, 3.05) is 19.8 Å². The van der Waals surface area contributed by atoms with E-state index in [1.165, 1.54) is 12.1 Å². The maximum Gasteiger partial charge on any atom is 0.233 e. The molecule has 2 aliphatic rings. The second-order valence-corrected chi connectivity index (χ2v) is 8.89. The van der Waals surface area contributed by atoms with Crippen molar-refractivity contribution >= 4 is 5.91 Å². The molecule has 0 atom stereocenters. The maximum absolute atomic E-state index is 14.4. The normalized spacial score (nSPS) is 16.6. The summed E-state index contributed by atoms with van der Waals surface area (Å²) in [4.78, 5) is 15.0. The van der Waals surface area contributed by atoms with Gasteiger partial charge in [-0.1, -0.05) is 18.2 Å². The van der Waals surface area contributed by atoms with E-state index in [4.69, 9.17) is 9.84 Å². The minimum Gasteiger partial charge on any atom is -0.379 e. The molecule has 0 radical (unpaired) electrons. The van der Waals surface area contributed by atoms with Crippen LogP contribution in [0.2, 0.25) is 0 Å². The summed E-state index contributed by atoms with van der Waals surface area (Å²) in [6.45, 7) is 3.78. The molecule has 1 fully saturated rings. The van der Waals surface area contributed by atoms with Crippen LogP contribution in [0.3, 0.4) is 0 Å². The van der Waals surface area contributed by atoms with Gasteiger partial charge in [-0.3, -0.25) is 9.48 Å². The van der Waals surface area contributed by atoms with Crippen molar-refractivity contribution in [3.8, 4) is 17.3 Å². The summed E-state index contributed by atoms with van der Waals surface area (Å²) in [7, 11) is 0. The number of carbonyl (C=O) groups is 1. The monoisotopic (exact) mass is 448 g/mol. The van der Waals surface area contributed by atoms with E-state index < -0.39 is 17.0 Å². The van der Waals surface area contributed by atoms with Crippen LogP contribution < -0.4 is 0 Å². The third-order valence-electron chi connectivity index (χ3n) is 6.38. The predicted octanol–water partition coefficient (Wildman–Crippen LogP) is 3.67. The Hall–Kier alpha value is -3.57. The molecule has 2 aromatic carbocycles. The molecular weight excluding hydrogens is 426 g/mol. The Balaban J connectivity index is 1.55. The Kier molecular flexibility index (Phi) is 5.22. The summed E-state index contributed by atoms with van der Waals surface area (Å²) in [6.07, 6.45) is 0.561. The summed E-state index contributed by atoms with van der Waals surface area (Å²) in [5.74, 6) is -1.21. The van der Waals surface area contributed by atoms with Gasteiger partial charge in [0.1, 0.15) is 11.6 Å². The molecule has 1 saturated heterocycles. The van der Waals surface area contributed by atoms with Gasteiger partial charge in [0.15, 0.2) is 0 Å². The number of nitriles is 1. The van der Waals surface area contributed by atoms with Crippen LogP contribution in [-0.2, 0) is 29.0 Å². The fourth-order valence-electron chi connectivity index (χ4n) is 4.49. The number of ether oxygens (including phenoxy) is 1. The zero-order chi connectivity index (χ0) is 23.2. The van der Waals surface area contributed by atoms with Crippen LogP contribution in [0.15, 0.2) is 42.5 Å². The van der Waals surface area contributed by atoms with Gasteiger partial charge in [0, 0.05) is 48.0 Å². The number of hydrogen-bond acceptors (Lipinski definition) is 4. The lowest BCUT2D eigenvalue weighted by atomic mass is 9.86. The number of halogens is 2. The van der Waals surface area contributed by atoms with Gasteiger partial charge in [0.2, 0.25) is 5.91 Å². The summed E-state index contributed by atoms with van der Waals surface area (Å²) in [5, 5.41) is 14.1. The number of amides is 1. The molecule has 33 heavy (non-hydrogen) atoms. The van der Waals surface area contributed by atoms with E-state index >= 15 is 0 Å². The van der Waals surface area contributed by atoms with E-state index in [1.54, 1.807) is 22.9 Å². The molecule has 3 heterocycles. The molecule has 1 aromatic heterocycles. The van der Waals surface area contributed by atoms with Crippen molar-refractivity contribution < 1.29 is 18.3 Å². The molecule has 0 spiro atoms. The van der Waals surface area contributed by atoms with Crippen LogP contribution in [0.1, 0.15) is 29.3 Å². The highest BCUT2D eigenvalue weighted by Gasteiger charge is 2.44. The average Bonchev–Trinajstić information content (AvgIpc) is 3.16. The SMILES string of the molecule is CC1(C(=O)N2CCc3c(c(-c4cccc(C#N)c4)nn3Cc3ccc(F)cc3F)C2)COC1. The van der Waals surface area contributed by atoms with E-state index in [2.05, 4.69) is 6.07 Å². The summed E-state index contributed by atoms with van der Waals surface area (Å²) >= 11 is 0. The number of carbonyl (C=O) groups excluding carboxylic acids is 1. The first-order valence-corrected chi connectivity index (χ1v) is 10.8. The third kappa shape index (κ3) is 3.79. The average molecular weight is 448 g/mol. The van der Waals surface area contributed by atoms with Crippen molar-refractivity contribution in [3.05, 3.63) is 76.5 Å². The van der Waals surface area contributed by atoms with Crippen LogP contribution in [0, 0.1) is 28.4 Å². The Labute approximate surface area is 190 Å². The van der Waals surface area contributed by atoms with Crippen LogP contribution in [0.5, 0.6) is 0 Å². The van der Waals surface area contributed by atoms with Crippen molar-refractivity contribution in [1.29, 1.82) is 5.26 Å². The lowest BCUT2D eigenvalue weighted by Crippen LogP contribution is -2.54. The number of nitrogens with zero attached hydrogens (tertiary/aromatic N) is 4.